The maximum Gasteiger partial charge on any atom is 0.271 e. The molecule has 2 aromatic heterocycles. The van der Waals surface area contributed by atoms with E-state index >= 15 is 0 Å². The number of nitrogens with two attached hydrogens (primary N) is 1. The summed E-state index contributed by atoms with van der Waals surface area (Å²) in [5, 5.41) is 11.9. The van der Waals surface area contributed by atoms with E-state index in [0.717, 1.165) is 12.2 Å². The van der Waals surface area contributed by atoms with Crippen molar-refractivity contribution in [3.8, 4) is 0 Å². The molecule has 2 heterocycles. The number of furan rings is 1. The summed E-state index contributed by atoms with van der Waals surface area (Å²) >= 11 is 0. The van der Waals surface area contributed by atoms with E-state index in [1.807, 2.05) is 13.1 Å². The molecule has 0 spiro atoms. The molecule has 18 heavy (non-hydrogen) atoms. The predicted octanol–water partition coefficient (Wildman–Crippen LogP) is 0.756. The third kappa shape index (κ3) is 2.90. The zero-order chi connectivity index (χ0) is 13.2. The van der Waals surface area contributed by atoms with Crippen molar-refractivity contribution in [2.45, 2.75) is 25.1 Å². The van der Waals surface area contributed by atoms with Crippen LogP contribution in [0.3, 0.4) is 0 Å². The van der Waals surface area contributed by atoms with E-state index in [1.165, 1.54) is 6.07 Å². The summed E-state index contributed by atoms with van der Waals surface area (Å²) in [4.78, 5) is 0. The Labute approximate surface area is 105 Å². The highest BCUT2D eigenvalue weighted by Gasteiger charge is 2.12. The molecule has 98 valence electrons. The van der Waals surface area contributed by atoms with Gasteiger partial charge in [0.1, 0.15) is 5.76 Å². The van der Waals surface area contributed by atoms with Gasteiger partial charge in [-0.2, -0.15) is 5.10 Å². The Morgan fingerprint density at radius 3 is 2.83 bits per heavy atom. The highest BCUT2D eigenvalue weighted by molar-refractivity contribution is 7.89. The van der Waals surface area contributed by atoms with Gasteiger partial charge in [0.15, 0.2) is 0 Å². The number of hydrogen-bond donors (Lipinski definition) is 2. The molecule has 0 radical (unpaired) electrons. The van der Waals surface area contributed by atoms with E-state index in [9.17, 15) is 8.42 Å². The van der Waals surface area contributed by atoms with Gasteiger partial charge >= 0.3 is 0 Å². The molecule has 7 nitrogen and oxygen atoms in total. The lowest BCUT2D eigenvalue weighted by Crippen LogP contribution is -2.10. The van der Waals surface area contributed by atoms with Crippen molar-refractivity contribution < 1.29 is 12.8 Å². The summed E-state index contributed by atoms with van der Waals surface area (Å²) in [5.74, 6) is 0.489. The maximum absolute atomic E-state index is 11.0. The van der Waals surface area contributed by atoms with Crippen LogP contribution in [0.1, 0.15) is 12.7 Å². The number of aromatic nitrogens is 2. The van der Waals surface area contributed by atoms with Crippen LogP contribution in [-0.4, -0.2) is 18.2 Å². The van der Waals surface area contributed by atoms with Crippen LogP contribution >= 0.6 is 0 Å². The minimum atomic E-state index is -3.78. The monoisotopic (exact) mass is 270 g/mol. The first-order chi connectivity index (χ1) is 8.49. The van der Waals surface area contributed by atoms with E-state index < -0.39 is 10.0 Å². The Hall–Kier alpha value is -1.80. The SMILES string of the molecule is CCn1cc(NCc2ccc(S(N)(=O)=O)o2)cn1. The molecule has 0 bridgehead atoms. The lowest BCUT2D eigenvalue weighted by atomic mass is 10.4. The van der Waals surface area contributed by atoms with Gasteiger partial charge in [-0.15, -0.1) is 0 Å². The van der Waals surface area contributed by atoms with Crippen molar-refractivity contribution in [3.05, 3.63) is 30.3 Å². The average Bonchev–Trinajstić information content (AvgIpc) is 2.94. The number of nitrogens with zero attached hydrogens (tertiary/aromatic N) is 2. The topological polar surface area (TPSA) is 103 Å². The van der Waals surface area contributed by atoms with E-state index in [2.05, 4.69) is 10.4 Å². The van der Waals surface area contributed by atoms with Crippen LogP contribution in [0.25, 0.3) is 0 Å². The first kappa shape index (κ1) is 12.7. The molecular weight excluding hydrogens is 256 g/mol. The minimum absolute atomic E-state index is 0.233. The van der Waals surface area contributed by atoms with Crippen LogP contribution in [0.4, 0.5) is 5.69 Å². The van der Waals surface area contributed by atoms with Gasteiger partial charge in [0.05, 0.1) is 18.4 Å². The third-order valence-electron chi connectivity index (χ3n) is 2.34. The van der Waals surface area contributed by atoms with Crippen molar-refractivity contribution >= 4 is 15.7 Å². The van der Waals surface area contributed by atoms with Gasteiger partial charge in [-0.25, -0.2) is 13.6 Å². The third-order valence-corrected chi connectivity index (χ3v) is 3.12. The van der Waals surface area contributed by atoms with Gasteiger partial charge < -0.3 is 9.73 Å². The Kier molecular flexibility index (Phi) is 3.39. The zero-order valence-corrected chi connectivity index (χ0v) is 10.6. The van der Waals surface area contributed by atoms with Crippen molar-refractivity contribution in [1.29, 1.82) is 0 Å². The average molecular weight is 270 g/mol. The maximum atomic E-state index is 11.0. The first-order valence-electron chi connectivity index (χ1n) is 5.37. The van der Waals surface area contributed by atoms with Crippen LogP contribution in [0.15, 0.2) is 34.0 Å². The molecule has 0 fully saturated rings. The quantitative estimate of drug-likeness (QED) is 0.834. The number of hydrogen-bond acceptors (Lipinski definition) is 5. The minimum Gasteiger partial charge on any atom is -0.446 e. The zero-order valence-electron chi connectivity index (χ0n) is 9.83. The summed E-state index contributed by atoms with van der Waals surface area (Å²) in [6.07, 6.45) is 3.54. The molecule has 0 saturated heterocycles. The number of sulfonamides is 1. The molecule has 2 aromatic rings. The fourth-order valence-electron chi connectivity index (χ4n) is 1.42. The van der Waals surface area contributed by atoms with E-state index in [-0.39, 0.29) is 5.09 Å². The number of primary sulfonamides is 1. The summed E-state index contributed by atoms with van der Waals surface area (Å²) in [7, 11) is -3.78. The summed E-state index contributed by atoms with van der Waals surface area (Å²) < 4.78 is 28.9. The smallest absolute Gasteiger partial charge is 0.271 e. The van der Waals surface area contributed by atoms with Crippen LogP contribution in [0.5, 0.6) is 0 Å². The molecule has 2 rings (SSSR count). The van der Waals surface area contributed by atoms with Crippen molar-refractivity contribution in [2.24, 2.45) is 5.14 Å². The molecule has 0 aliphatic rings. The normalized spacial score (nSPS) is 11.7. The lowest BCUT2D eigenvalue weighted by Gasteiger charge is -1.99. The lowest BCUT2D eigenvalue weighted by molar-refractivity contribution is 0.419. The number of nitrogens with one attached hydrogen (secondary N) is 1. The first-order valence-corrected chi connectivity index (χ1v) is 6.91. The summed E-state index contributed by atoms with van der Waals surface area (Å²) in [5.41, 5.74) is 0.838. The van der Waals surface area contributed by atoms with Gasteiger partial charge in [0.25, 0.3) is 10.0 Å². The van der Waals surface area contributed by atoms with E-state index in [0.29, 0.717) is 12.3 Å². The highest BCUT2D eigenvalue weighted by Crippen LogP contribution is 2.14. The Morgan fingerprint density at radius 1 is 1.50 bits per heavy atom. The molecule has 0 amide bonds. The van der Waals surface area contributed by atoms with Gasteiger partial charge in [0, 0.05) is 12.7 Å². The molecule has 0 aliphatic carbocycles. The fourth-order valence-corrected chi connectivity index (χ4v) is 1.90. The number of rotatable bonds is 5. The highest BCUT2D eigenvalue weighted by atomic mass is 32.2. The Balaban J connectivity index is 2.00. The largest absolute Gasteiger partial charge is 0.446 e. The second kappa shape index (κ2) is 4.83. The standard InChI is InChI=1S/C10H14N4O3S/c1-2-14-7-8(5-13-14)12-6-9-3-4-10(17-9)18(11,15)16/h3-5,7,12H,2,6H2,1H3,(H2,11,15,16). The van der Waals surface area contributed by atoms with Gasteiger partial charge in [-0.3, -0.25) is 4.68 Å². The Morgan fingerprint density at radius 2 is 2.28 bits per heavy atom. The second-order valence-electron chi connectivity index (χ2n) is 3.70. The molecule has 0 aliphatic heterocycles. The van der Waals surface area contributed by atoms with Crippen LogP contribution in [0.2, 0.25) is 0 Å². The molecule has 8 heteroatoms. The van der Waals surface area contributed by atoms with E-state index in [1.54, 1.807) is 16.9 Å². The number of anilines is 1. The van der Waals surface area contributed by atoms with Crippen molar-refractivity contribution in [1.82, 2.24) is 9.78 Å². The molecule has 3 N–H and O–H groups in total. The van der Waals surface area contributed by atoms with Crippen LogP contribution < -0.4 is 10.5 Å². The van der Waals surface area contributed by atoms with Gasteiger partial charge in [0.2, 0.25) is 5.09 Å². The fraction of sp³-hybridized carbons (Fsp3) is 0.300. The van der Waals surface area contributed by atoms with Gasteiger partial charge in [-0.1, -0.05) is 0 Å². The molecular formula is C10H14N4O3S. The van der Waals surface area contributed by atoms with Crippen LogP contribution in [0, 0.1) is 0 Å². The number of aryl methyl sites for hydroxylation is 1. The van der Waals surface area contributed by atoms with E-state index in [4.69, 9.17) is 9.56 Å². The molecule has 0 aromatic carbocycles. The van der Waals surface area contributed by atoms with Crippen LogP contribution in [-0.2, 0) is 23.1 Å². The summed E-state index contributed by atoms with van der Waals surface area (Å²) in [6.45, 7) is 3.14. The van der Waals surface area contributed by atoms with Crippen molar-refractivity contribution in [2.75, 3.05) is 5.32 Å². The van der Waals surface area contributed by atoms with Gasteiger partial charge in [-0.05, 0) is 19.1 Å². The van der Waals surface area contributed by atoms with Crippen molar-refractivity contribution in [3.63, 3.8) is 0 Å². The summed E-state index contributed by atoms with van der Waals surface area (Å²) in [6, 6.07) is 2.90. The molecule has 0 unspecified atom stereocenters. The Bertz CT molecular complexity index is 629. The molecule has 0 atom stereocenters. The predicted molar refractivity (Wildman–Crippen MR) is 65.3 cm³/mol. The molecule has 0 saturated carbocycles. The second-order valence-corrected chi connectivity index (χ2v) is 5.20.